The van der Waals surface area contributed by atoms with Crippen molar-refractivity contribution in [2.24, 2.45) is 5.92 Å². The number of hydrogen-bond donors (Lipinski definition) is 1. The van der Waals surface area contributed by atoms with Crippen molar-refractivity contribution in [3.8, 4) is 0 Å². The Hall–Kier alpha value is -0.0800. The third-order valence-corrected chi connectivity index (χ3v) is 2.51. The normalized spacial score (nSPS) is 15.4. The Morgan fingerprint density at radius 2 is 1.93 bits per heavy atom. The van der Waals surface area contributed by atoms with Crippen molar-refractivity contribution < 1.29 is 4.74 Å². The van der Waals surface area contributed by atoms with E-state index in [0.29, 0.717) is 12.0 Å². The SMILES string of the molecule is CCCCCC(C)NCC(C)COC. The van der Waals surface area contributed by atoms with Crippen LogP contribution in [0.4, 0.5) is 0 Å². The van der Waals surface area contributed by atoms with Gasteiger partial charge in [-0.2, -0.15) is 0 Å². The van der Waals surface area contributed by atoms with Gasteiger partial charge in [0.1, 0.15) is 0 Å². The molecule has 1 N–H and O–H groups in total. The number of rotatable bonds is 9. The number of unbranched alkanes of at least 4 members (excludes halogenated alkanes) is 2. The molecule has 86 valence electrons. The molecule has 0 bridgehead atoms. The highest BCUT2D eigenvalue weighted by Crippen LogP contribution is 2.03. The van der Waals surface area contributed by atoms with Gasteiger partial charge in [-0.25, -0.2) is 0 Å². The molecule has 2 nitrogen and oxygen atoms in total. The van der Waals surface area contributed by atoms with E-state index in [-0.39, 0.29) is 0 Å². The lowest BCUT2D eigenvalue weighted by Crippen LogP contribution is -2.31. The van der Waals surface area contributed by atoms with Crippen LogP contribution in [0.5, 0.6) is 0 Å². The van der Waals surface area contributed by atoms with Crippen molar-refractivity contribution in [2.75, 3.05) is 20.3 Å². The third-order valence-electron chi connectivity index (χ3n) is 2.51. The van der Waals surface area contributed by atoms with Gasteiger partial charge in [-0.05, 0) is 19.3 Å². The highest BCUT2D eigenvalue weighted by Gasteiger charge is 2.04. The summed E-state index contributed by atoms with van der Waals surface area (Å²) in [7, 11) is 1.77. The number of ether oxygens (including phenoxy) is 1. The summed E-state index contributed by atoms with van der Waals surface area (Å²) in [6, 6.07) is 0.654. The third kappa shape index (κ3) is 8.52. The van der Waals surface area contributed by atoms with Crippen molar-refractivity contribution >= 4 is 0 Å². The van der Waals surface area contributed by atoms with Crippen LogP contribution in [0.25, 0.3) is 0 Å². The van der Waals surface area contributed by atoms with E-state index in [2.05, 4.69) is 26.1 Å². The Morgan fingerprint density at radius 3 is 2.50 bits per heavy atom. The molecule has 0 heterocycles. The quantitative estimate of drug-likeness (QED) is 0.579. The van der Waals surface area contributed by atoms with Gasteiger partial charge in [-0.1, -0.05) is 33.1 Å². The zero-order valence-electron chi connectivity index (χ0n) is 10.3. The van der Waals surface area contributed by atoms with Gasteiger partial charge in [-0.3, -0.25) is 0 Å². The predicted octanol–water partition coefficient (Wildman–Crippen LogP) is 2.83. The largest absolute Gasteiger partial charge is 0.384 e. The molecule has 0 aliphatic heterocycles. The van der Waals surface area contributed by atoms with Crippen molar-refractivity contribution in [1.29, 1.82) is 0 Å². The molecule has 2 heteroatoms. The van der Waals surface area contributed by atoms with E-state index >= 15 is 0 Å². The molecule has 0 amide bonds. The molecule has 2 unspecified atom stereocenters. The second-order valence-corrected chi connectivity index (χ2v) is 4.37. The van der Waals surface area contributed by atoms with Crippen molar-refractivity contribution in [3.63, 3.8) is 0 Å². The summed E-state index contributed by atoms with van der Waals surface area (Å²) in [4.78, 5) is 0. The summed E-state index contributed by atoms with van der Waals surface area (Å²) in [5.41, 5.74) is 0. The fourth-order valence-electron chi connectivity index (χ4n) is 1.55. The summed E-state index contributed by atoms with van der Waals surface area (Å²) >= 11 is 0. The maximum absolute atomic E-state index is 5.09. The van der Waals surface area contributed by atoms with Crippen LogP contribution < -0.4 is 5.32 Å². The Balaban J connectivity index is 3.29. The maximum atomic E-state index is 5.09. The highest BCUT2D eigenvalue weighted by atomic mass is 16.5. The first kappa shape index (κ1) is 13.9. The van der Waals surface area contributed by atoms with Gasteiger partial charge in [0.25, 0.3) is 0 Å². The standard InChI is InChI=1S/C12H27NO/c1-5-6-7-8-12(3)13-9-11(2)10-14-4/h11-13H,5-10H2,1-4H3. The molecule has 0 aromatic rings. The van der Waals surface area contributed by atoms with Gasteiger partial charge >= 0.3 is 0 Å². The van der Waals surface area contributed by atoms with Gasteiger partial charge in [0.15, 0.2) is 0 Å². The first-order valence-corrected chi connectivity index (χ1v) is 5.93. The van der Waals surface area contributed by atoms with Crippen LogP contribution in [0.15, 0.2) is 0 Å². The van der Waals surface area contributed by atoms with Crippen LogP contribution >= 0.6 is 0 Å². The van der Waals surface area contributed by atoms with Crippen LogP contribution in [0.3, 0.4) is 0 Å². The molecule has 0 aromatic carbocycles. The van der Waals surface area contributed by atoms with E-state index < -0.39 is 0 Å². The molecule has 0 aliphatic rings. The minimum atomic E-state index is 0.619. The topological polar surface area (TPSA) is 21.3 Å². The molecular weight excluding hydrogens is 174 g/mol. The molecule has 0 rings (SSSR count). The zero-order chi connectivity index (χ0) is 10.8. The number of methoxy groups -OCH3 is 1. The second-order valence-electron chi connectivity index (χ2n) is 4.37. The van der Waals surface area contributed by atoms with Crippen molar-refractivity contribution in [3.05, 3.63) is 0 Å². The fourth-order valence-corrected chi connectivity index (χ4v) is 1.55. The van der Waals surface area contributed by atoms with Gasteiger partial charge < -0.3 is 10.1 Å². The van der Waals surface area contributed by atoms with Crippen LogP contribution in [0.1, 0.15) is 46.5 Å². The van der Waals surface area contributed by atoms with Gasteiger partial charge in [0, 0.05) is 26.3 Å². The Bertz CT molecular complexity index is 117. The lowest BCUT2D eigenvalue weighted by molar-refractivity contribution is 0.157. The van der Waals surface area contributed by atoms with E-state index in [1.807, 2.05) is 0 Å². The first-order chi connectivity index (χ1) is 6.70. The maximum Gasteiger partial charge on any atom is 0.0499 e. The smallest absolute Gasteiger partial charge is 0.0499 e. The van der Waals surface area contributed by atoms with Gasteiger partial charge in [0.05, 0.1) is 0 Å². The van der Waals surface area contributed by atoms with E-state index in [1.54, 1.807) is 7.11 Å². The number of nitrogens with one attached hydrogen (secondary N) is 1. The predicted molar refractivity (Wildman–Crippen MR) is 62.6 cm³/mol. The molecule has 0 radical (unpaired) electrons. The summed E-state index contributed by atoms with van der Waals surface area (Å²) in [5, 5.41) is 3.55. The van der Waals surface area contributed by atoms with E-state index in [4.69, 9.17) is 4.74 Å². The summed E-state index contributed by atoms with van der Waals surface area (Å²) in [6.07, 6.45) is 5.32. The summed E-state index contributed by atoms with van der Waals surface area (Å²) < 4.78 is 5.09. The molecule has 2 atom stereocenters. The van der Waals surface area contributed by atoms with Crippen LogP contribution in [0.2, 0.25) is 0 Å². The Kier molecular flexibility index (Phi) is 9.42. The summed E-state index contributed by atoms with van der Waals surface area (Å²) in [6.45, 7) is 8.67. The monoisotopic (exact) mass is 201 g/mol. The van der Waals surface area contributed by atoms with E-state index in [1.165, 1.54) is 25.7 Å². The van der Waals surface area contributed by atoms with Crippen molar-refractivity contribution in [2.45, 2.75) is 52.5 Å². The second kappa shape index (κ2) is 9.47. The number of hydrogen-bond acceptors (Lipinski definition) is 2. The van der Waals surface area contributed by atoms with E-state index in [0.717, 1.165) is 13.2 Å². The fraction of sp³-hybridized carbons (Fsp3) is 1.00. The molecule has 0 saturated heterocycles. The van der Waals surface area contributed by atoms with Crippen LogP contribution in [-0.4, -0.2) is 26.3 Å². The first-order valence-electron chi connectivity index (χ1n) is 5.93. The minimum Gasteiger partial charge on any atom is -0.384 e. The lowest BCUT2D eigenvalue weighted by atomic mass is 10.1. The van der Waals surface area contributed by atoms with Crippen molar-refractivity contribution in [1.82, 2.24) is 5.32 Å². The molecule has 0 aliphatic carbocycles. The molecular formula is C12H27NO. The Labute approximate surface area is 89.4 Å². The van der Waals surface area contributed by atoms with Gasteiger partial charge in [0.2, 0.25) is 0 Å². The molecule has 0 fully saturated rings. The molecule has 0 aromatic heterocycles. The molecule has 14 heavy (non-hydrogen) atoms. The molecule has 0 saturated carbocycles. The lowest BCUT2D eigenvalue weighted by Gasteiger charge is -2.17. The minimum absolute atomic E-state index is 0.619. The van der Waals surface area contributed by atoms with Gasteiger partial charge in [-0.15, -0.1) is 0 Å². The van der Waals surface area contributed by atoms with E-state index in [9.17, 15) is 0 Å². The average Bonchev–Trinajstić information content (AvgIpc) is 2.16. The summed E-state index contributed by atoms with van der Waals surface area (Å²) in [5.74, 6) is 0.619. The zero-order valence-corrected chi connectivity index (χ0v) is 10.3. The van der Waals surface area contributed by atoms with Crippen LogP contribution in [-0.2, 0) is 4.74 Å². The van der Waals surface area contributed by atoms with Crippen LogP contribution in [0, 0.1) is 5.92 Å². The Morgan fingerprint density at radius 1 is 1.21 bits per heavy atom. The average molecular weight is 201 g/mol. The molecule has 0 spiro atoms. The highest BCUT2D eigenvalue weighted by molar-refractivity contribution is 4.63.